The van der Waals surface area contributed by atoms with Crippen LogP contribution in [0.3, 0.4) is 0 Å². The molecule has 0 spiro atoms. The number of fused-ring (bicyclic) bond motifs is 1. The van der Waals surface area contributed by atoms with Gasteiger partial charge in [0, 0.05) is 11.9 Å². The number of nitrogens with one attached hydrogen (secondary N) is 1. The molecule has 1 aromatic heterocycles. The number of benzene rings is 1. The molecule has 0 saturated heterocycles. The van der Waals surface area contributed by atoms with Gasteiger partial charge in [-0.3, -0.25) is 0 Å². The molecule has 0 amide bonds. The number of anilines is 1. The number of allylic oxidation sites excluding steroid dienone is 1. The summed E-state index contributed by atoms with van der Waals surface area (Å²) in [5, 5.41) is 21.6. The Morgan fingerprint density at radius 2 is 2.15 bits per heavy atom. The van der Waals surface area contributed by atoms with Crippen molar-refractivity contribution >= 4 is 16.6 Å². The van der Waals surface area contributed by atoms with E-state index in [0.29, 0.717) is 5.69 Å². The maximum atomic E-state index is 9.18. The summed E-state index contributed by atoms with van der Waals surface area (Å²) in [5.41, 5.74) is 3.50. The highest BCUT2D eigenvalue weighted by atomic mass is 15.1. The highest BCUT2D eigenvalue weighted by molar-refractivity contribution is 5.92. The molecule has 2 aromatic rings. The first kappa shape index (κ1) is 12.6. The lowest BCUT2D eigenvalue weighted by molar-refractivity contribution is 0.863. The van der Waals surface area contributed by atoms with Crippen molar-refractivity contribution < 1.29 is 0 Å². The molecule has 3 rings (SSSR count). The van der Waals surface area contributed by atoms with Gasteiger partial charge in [0.15, 0.2) is 5.69 Å². The van der Waals surface area contributed by atoms with Gasteiger partial charge in [0.2, 0.25) is 0 Å². The van der Waals surface area contributed by atoms with Gasteiger partial charge in [-0.15, -0.1) is 10.2 Å². The Balaban J connectivity index is 1.83. The van der Waals surface area contributed by atoms with E-state index < -0.39 is 0 Å². The summed E-state index contributed by atoms with van der Waals surface area (Å²) in [4.78, 5) is 0. The van der Waals surface area contributed by atoms with Crippen LogP contribution in [0.15, 0.2) is 35.9 Å². The highest BCUT2D eigenvalue weighted by Gasteiger charge is 2.10. The fourth-order valence-electron chi connectivity index (χ4n) is 2.62. The summed E-state index contributed by atoms with van der Waals surface area (Å²) in [6, 6.07) is 9.88. The molecule has 0 bridgehead atoms. The molecule has 20 heavy (non-hydrogen) atoms. The maximum Gasteiger partial charge on any atom is 0.186 e. The van der Waals surface area contributed by atoms with Gasteiger partial charge in [0.05, 0.1) is 11.2 Å². The smallest absolute Gasteiger partial charge is 0.186 e. The minimum Gasteiger partial charge on any atom is -0.382 e. The largest absolute Gasteiger partial charge is 0.382 e. The van der Waals surface area contributed by atoms with Crippen molar-refractivity contribution in [3.8, 4) is 6.07 Å². The maximum absolute atomic E-state index is 9.18. The van der Waals surface area contributed by atoms with Crippen molar-refractivity contribution in [1.29, 1.82) is 5.26 Å². The monoisotopic (exact) mass is 264 g/mol. The molecular formula is C16H16N4. The number of nitrogens with zero attached hydrogens (tertiary/aromatic N) is 3. The normalized spacial score (nSPS) is 14.1. The Bertz CT molecular complexity index is 697. The Kier molecular flexibility index (Phi) is 3.60. The number of hydrogen-bond acceptors (Lipinski definition) is 4. The average molecular weight is 264 g/mol. The van der Waals surface area contributed by atoms with E-state index in [0.717, 1.165) is 29.6 Å². The second-order valence-electron chi connectivity index (χ2n) is 4.98. The molecular weight excluding hydrogens is 248 g/mol. The zero-order chi connectivity index (χ0) is 13.8. The van der Waals surface area contributed by atoms with Gasteiger partial charge >= 0.3 is 0 Å². The first-order valence-corrected chi connectivity index (χ1v) is 6.96. The third-order valence-corrected chi connectivity index (χ3v) is 3.66. The zero-order valence-electron chi connectivity index (χ0n) is 11.3. The average Bonchev–Trinajstić information content (AvgIpc) is 3.00. The summed E-state index contributed by atoms with van der Waals surface area (Å²) < 4.78 is 0. The topological polar surface area (TPSA) is 61.6 Å². The van der Waals surface area contributed by atoms with Crippen molar-refractivity contribution in [2.75, 3.05) is 11.9 Å². The second kappa shape index (κ2) is 5.70. The van der Waals surface area contributed by atoms with Crippen molar-refractivity contribution in [2.45, 2.75) is 25.7 Å². The van der Waals surface area contributed by atoms with Crippen LogP contribution >= 0.6 is 0 Å². The van der Waals surface area contributed by atoms with Crippen LogP contribution in [-0.2, 0) is 0 Å². The van der Waals surface area contributed by atoms with Crippen LogP contribution in [0.1, 0.15) is 31.4 Å². The summed E-state index contributed by atoms with van der Waals surface area (Å²) >= 11 is 0. The molecule has 1 heterocycles. The molecule has 1 N–H and O–H groups in total. The van der Waals surface area contributed by atoms with E-state index in [1.165, 1.54) is 24.8 Å². The van der Waals surface area contributed by atoms with E-state index in [-0.39, 0.29) is 0 Å². The van der Waals surface area contributed by atoms with Crippen molar-refractivity contribution in [1.82, 2.24) is 10.2 Å². The molecule has 0 radical (unpaired) electrons. The number of rotatable bonds is 4. The zero-order valence-corrected chi connectivity index (χ0v) is 11.3. The number of hydrogen-bond donors (Lipinski definition) is 1. The Morgan fingerprint density at radius 1 is 1.25 bits per heavy atom. The molecule has 1 aliphatic rings. The molecule has 1 aromatic carbocycles. The lowest BCUT2D eigenvalue weighted by Gasteiger charge is -2.10. The van der Waals surface area contributed by atoms with Crippen LogP contribution in [0.5, 0.6) is 0 Å². The van der Waals surface area contributed by atoms with Crippen molar-refractivity contribution in [3.63, 3.8) is 0 Å². The van der Waals surface area contributed by atoms with E-state index in [4.69, 9.17) is 0 Å². The predicted molar refractivity (Wildman–Crippen MR) is 79.3 cm³/mol. The third-order valence-electron chi connectivity index (χ3n) is 3.66. The molecule has 100 valence electrons. The lowest BCUT2D eigenvalue weighted by atomic mass is 10.1. The fraction of sp³-hybridized carbons (Fsp3) is 0.312. The van der Waals surface area contributed by atoms with Crippen LogP contribution in [-0.4, -0.2) is 16.7 Å². The lowest BCUT2D eigenvalue weighted by Crippen LogP contribution is -2.06. The Hall–Kier alpha value is -2.41. The summed E-state index contributed by atoms with van der Waals surface area (Å²) in [5.74, 6) is 0. The summed E-state index contributed by atoms with van der Waals surface area (Å²) in [6.07, 6.45) is 7.05. The fourth-order valence-corrected chi connectivity index (χ4v) is 2.62. The van der Waals surface area contributed by atoms with Crippen LogP contribution in [0.2, 0.25) is 0 Å². The number of nitriles is 1. The second-order valence-corrected chi connectivity index (χ2v) is 4.98. The quantitative estimate of drug-likeness (QED) is 0.859. The van der Waals surface area contributed by atoms with Crippen LogP contribution in [0.4, 0.5) is 5.69 Å². The standard InChI is InChI=1S/C16H16N4/c17-11-15-16(18-10-9-12-5-1-2-6-12)13-7-3-4-8-14(13)19-20-15/h3-5,7-8H,1-2,6,9-10H2,(H,18,19). The van der Waals surface area contributed by atoms with Crippen molar-refractivity contribution in [3.05, 3.63) is 41.6 Å². The first-order valence-electron chi connectivity index (χ1n) is 6.96. The minimum absolute atomic E-state index is 0.365. The van der Waals surface area contributed by atoms with E-state index >= 15 is 0 Å². The van der Waals surface area contributed by atoms with Gasteiger partial charge in [0.25, 0.3) is 0 Å². The molecule has 0 fully saturated rings. The van der Waals surface area contributed by atoms with Gasteiger partial charge in [-0.25, -0.2) is 0 Å². The Morgan fingerprint density at radius 3 is 2.95 bits per heavy atom. The predicted octanol–water partition coefficient (Wildman–Crippen LogP) is 3.41. The molecule has 4 heteroatoms. The SMILES string of the molecule is N#Cc1nnc2ccccc2c1NCCC1=CCCC1. The van der Waals surface area contributed by atoms with Gasteiger partial charge < -0.3 is 5.32 Å². The minimum atomic E-state index is 0.365. The molecule has 0 unspecified atom stereocenters. The molecule has 4 nitrogen and oxygen atoms in total. The highest BCUT2D eigenvalue weighted by Crippen LogP contribution is 2.25. The molecule has 0 aliphatic heterocycles. The first-order chi connectivity index (χ1) is 9.88. The molecule has 1 aliphatic carbocycles. The van der Waals surface area contributed by atoms with E-state index in [9.17, 15) is 5.26 Å². The molecule has 0 atom stereocenters. The van der Waals surface area contributed by atoms with Gasteiger partial charge in [0.1, 0.15) is 6.07 Å². The van der Waals surface area contributed by atoms with Crippen LogP contribution < -0.4 is 5.32 Å². The van der Waals surface area contributed by atoms with Crippen LogP contribution in [0, 0.1) is 11.3 Å². The van der Waals surface area contributed by atoms with E-state index in [1.54, 1.807) is 0 Å². The van der Waals surface area contributed by atoms with Gasteiger partial charge in [-0.05, 0) is 31.7 Å². The van der Waals surface area contributed by atoms with E-state index in [2.05, 4.69) is 27.7 Å². The third kappa shape index (κ3) is 2.48. The number of aromatic nitrogens is 2. The van der Waals surface area contributed by atoms with E-state index in [1.807, 2.05) is 24.3 Å². The van der Waals surface area contributed by atoms with Crippen molar-refractivity contribution in [2.24, 2.45) is 0 Å². The summed E-state index contributed by atoms with van der Waals surface area (Å²) in [6.45, 7) is 0.830. The molecule has 0 saturated carbocycles. The van der Waals surface area contributed by atoms with Crippen LogP contribution in [0.25, 0.3) is 10.9 Å². The van der Waals surface area contributed by atoms with Gasteiger partial charge in [-0.2, -0.15) is 5.26 Å². The Labute approximate surface area is 118 Å². The van der Waals surface area contributed by atoms with Gasteiger partial charge in [-0.1, -0.05) is 29.8 Å². The summed E-state index contributed by atoms with van der Waals surface area (Å²) in [7, 11) is 0.